The molecule has 2 aromatic heterocycles. The highest BCUT2D eigenvalue weighted by Crippen LogP contribution is 2.28. The van der Waals surface area contributed by atoms with Crippen molar-refractivity contribution in [2.45, 2.75) is 19.9 Å². The standard InChI is InChI=1S/C11H10BrNO2.C11H8BrNO/c1-2-15-11(14)10-6-7-5-8(12)3-4-9(7)13-10;12-8-1-2-9-7(5-8)6-10-11(14)3-4-13(9)10/h3-6,13H,2H2,1H3;1-2,5-6H,3-4H2. The Morgan fingerprint density at radius 3 is 2.55 bits per heavy atom. The number of halogens is 2. The topological polar surface area (TPSA) is 64.1 Å². The monoisotopic (exact) mass is 516 g/mol. The number of nitrogens with one attached hydrogen (secondary N) is 1. The molecule has 0 spiro atoms. The van der Waals surface area contributed by atoms with E-state index in [-0.39, 0.29) is 11.8 Å². The van der Waals surface area contributed by atoms with E-state index in [0.717, 1.165) is 43.0 Å². The Balaban J connectivity index is 0.000000141. The summed E-state index contributed by atoms with van der Waals surface area (Å²) in [5.41, 5.74) is 3.44. The molecule has 1 N–H and O–H groups in total. The summed E-state index contributed by atoms with van der Waals surface area (Å²) in [6.07, 6.45) is 0.654. The molecule has 0 saturated heterocycles. The smallest absolute Gasteiger partial charge is 0.354 e. The van der Waals surface area contributed by atoms with E-state index in [1.165, 1.54) is 0 Å². The minimum atomic E-state index is -0.315. The summed E-state index contributed by atoms with van der Waals surface area (Å²) in [7, 11) is 0. The first-order valence-electron chi connectivity index (χ1n) is 9.23. The summed E-state index contributed by atoms with van der Waals surface area (Å²) in [5.74, 6) is -0.0536. The van der Waals surface area contributed by atoms with E-state index in [0.29, 0.717) is 18.7 Å². The number of fused-ring (bicyclic) bond motifs is 4. The number of rotatable bonds is 2. The fraction of sp³-hybridized carbons (Fsp3) is 0.182. The number of carbonyl (C=O) groups is 2. The molecule has 0 bridgehead atoms. The SMILES string of the molecule is CCOC(=O)c1cc2cc(Br)ccc2[nH]1.O=C1CCn2c1cc1cc(Br)ccc12. The van der Waals surface area contributed by atoms with Crippen LogP contribution in [0.15, 0.2) is 57.5 Å². The number of aromatic nitrogens is 2. The lowest BCUT2D eigenvalue weighted by Crippen LogP contribution is -2.04. The Morgan fingerprint density at radius 1 is 1.07 bits per heavy atom. The van der Waals surface area contributed by atoms with Gasteiger partial charge in [-0.05, 0) is 55.5 Å². The van der Waals surface area contributed by atoms with E-state index in [9.17, 15) is 9.59 Å². The van der Waals surface area contributed by atoms with Gasteiger partial charge in [0, 0.05) is 43.7 Å². The van der Waals surface area contributed by atoms with Crippen molar-refractivity contribution in [2.24, 2.45) is 0 Å². The molecule has 148 valence electrons. The Kier molecular flexibility index (Phi) is 5.61. The van der Waals surface area contributed by atoms with Gasteiger partial charge in [0.15, 0.2) is 5.78 Å². The molecule has 1 aliphatic heterocycles. The van der Waals surface area contributed by atoms with Crippen LogP contribution < -0.4 is 0 Å². The molecular weight excluding hydrogens is 500 g/mol. The van der Waals surface area contributed by atoms with Crippen LogP contribution >= 0.6 is 31.9 Å². The molecule has 0 fully saturated rings. The van der Waals surface area contributed by atoms with Crippen molar-refractivity contribution in [1.82, 2.24) is 9.55 Å². The second-order valence-corrected chi connectivity index (χ2v) is 8.52. The highest BCUT2D eigenvalue weighted by molar-refractivity contribution is 9.10. The van der Waals surface area contributed by atoms with Crippen LogP contribution in [-0.2, 0) is 11.3 Å². The van der Waals surface area contributed by atoms with Crippen molar-refractivity contribution >= 4 is 65.4 Å². The van der Waals surface area contributed by atoms with Gasteiger partial charge < -0.3 is 14.3 Å². The molecule has 5 rings (SSSR count). The fourth-order valence-electron chi connectivity index (χ4n) is 3.48. The predicted molar refractivity (Wildman–Crippen MR) is 121 cm³/mol. The minimum Gasteiger partial charge on any atom is -0.461 e. The Bertz CT molecular complexity index is 1240. The van der Waals surface area contributed by atoms with Crippen LogP contribution in [0.2, 0.25) is 0 Å². The average Bonchev–Trinajstić information content (AvgIpc) is 3.36. The number of carbonyl (C=O) groups excluding carboxylic acids is 2. The maximum atomic E-state index is 11.5. The third-order valence-corrected chi connectivity index (χ3v) is 5.78. The first kappa shape index (κ1) is 19.9. The van der Waals surface area contributed by atoms with Gasteiger partial charge in [-0.2, -0.15) is 0 Å². The van der Waals surface area contributed by atoms with Gasteiger partial charge in [-0.1, -0.05) is 31.9 Å². The summed E-state index contributed by atoms with van der Waals surface area (Å²) >= 11 is 6.81. The van der Waals surface area contributed by atoms with Gasteiger partial charge in [-0.25, -0.2) is 4.79 Å². The van der Waals surface area contributed by atoms with Gasteiger partial charge >= 0.3 is 5.97 Å². The lowest BCUT2D eigenvalue weighted by atomic mass is 10.2. The van der Waals surface area contributed by atoms with Crippen LogP contribution in [0, 0.1) is 0 Å². The Labute approximate surface area is 184 Å². The van der Waals surface area contributed by atoms with Crippen LogP contribution in [0.4, 0.5) is 0 Å². The Hall–Kier alpha value is -2.38. The zero-order valence-corrected chi connectivity index (χ0v) is 18.8. The molecule has 4 aromatic rings. The molecule has 3 heterocycles. The number of aryl methyl sites for hydroxylation is 1. The molecule has 7 heteroatoms. The van der Waals surface area contributed by atoms with Gasteiger partial charge in [-0.3, -0.25) is 4.79 Å². The van der Waals surface area contributed by atoms with Crippen molar-refractivity contribution in [1.29, 1.82) is 0 Å². The molecule has 0 atom stereocenters. The maximum Gasteiger partial charge on any atom is 0.354 e. The molecule has 2 aromatic carbocycles. The summed E-state index contributed by atoms with van der Waals surface area (Å²) in [4.78, 5) is 25.9. The molecule has 1 aliphatic rings. The molecule has 0 amide bonds. The van der Waals surface area contributed by atoms with E-state index in [1.54, 1.807) is 13.0 Å². The number of hydrogen-bond acceptors (Lipinski definition) is 3. The molecule has 5 nitrogen and oxygen atoms in total. The van der Waals surface area contributed by atoms with Crippen molar-refractivity contribution in [2.75, 3.05) is 6.61 Å². The minimum absolute atomic E-state index is 0.261. The number of ether oxygens (including phenoxy) is 1. The van der Waals surface area contributed by atoms with Gasteiger partial charge in [0.1, 0.15) is 5.69 Å². The summed E-state index contributed by atoms with van der Waals surface area (Å²) in [6, 6.07) is 15.7. The van der Waals surface area contributed by atoms with Crippen LogP contribution in [0.3, 0.4) is 0 Å². The van der Waals surface area contributed by atoms with E-state index in [2.05, 4.69) is 47.5 Å². The van der Waals surface area contributed by atoms with Crippen LogP contribution in [0.1, 0.15) is 34.3 Å². The number of H-pyrrole nitrogens is 1. The third kappa shape index (κ3) is 4.02. The van der Waals surface area contributed by atoms with E-state index >= 15 is 0 Å². The first-order chi connectivity index (χ1) is 14.0. The van der Waals surface area contributed by atoms with Gasteiger partial charge in [0.2, 0.25) is 0 Å². The maximum absolute atomic E-state index is 11.5. The zero-order chi connectivity index (χ0) is 20.5. The third-order valence-electron chi connectivity index (χ3n) is 4.79. The highest BCUT2D eigenvalue weighted by Gasteiger charge is 2.21. The summed E-state index contributed by atoms with van der Waals surface area (Å²) in [6.45, 7) is 3.01. The van der Waals surface area contributed by atoms with Gasteiger partial charge in [-0.15, -0.1) is 0 Å². The van der Waals surface area contributed by atoms with Crippen molar-refractivity contribution < 1.29 is 14.3 Å². The number of ketones is 1. The molecule has 0 saturated carbocycles. The van der Waals surface area contributed by atoms with Crippen molar-refractivity contribution in [3.8, 4) is 0 Å². The van der Waals surface area contributed by atoms with Crippen molar-refractivity contribution in [3.05, 3.63) is 68.9 Å². The second kappa shape index (κ2) is 8.16. The van der Waals surface area contributed by atoms with Crippen LogP contribution in [-0.4, -0.2) is 27.9 Å². The predicted octanol–water partition coefficient (Wildman–Crippen LogP) is 6.10. The highest BCUT2D eigenvalue weighted by atomic mass is 79.9. The first-order valence-corrected chi connectivity index (χ1v) is 10.8. The molecule has 29 heavy (non-hydrogen) atoms. The van der Waals surface area contributed by atoms with Crippen LogP contribution in [0.5, 0.6) is 0 Å². The van der Waals surface area contributed by atoms with Crippen LogP contribution in [0.25, 0.3) is 21.8 Å². The lowest BCUT2D eigenvalue weighted by Gasteiger charge is -1.98. The molecule has 0 radical (unpaired) electrons. The van der Waals surface area contributed by atoms with E-state index in [1.807, 2.05) is 36.4 Å². The lowest BCUT2D eigenvalue weighted by molar-refractivity contribution is 0.0520. The zero-order valence-electron chi connectivity index (χ0n) is 15.7. The van der Waals surface area contributed by atoms with E-state index < -0.39 is 0 Å². The number of aromatic amines is 1. The Morgan fingerprint density at radius 2 is 1.79 bits per heavy atom. The molecule has 0 unspecified atom stereocenters. The number of nitrogens with zero attached hydrogens (tertiary/aromatic N) is 1. The average molecular weight is 518 g/mol. The fourth-order valence-corrected chi connectivity index (χ4v) is 4.24. The van der Waals surface area contributed by atoms with Gasteiger partial charge in [0.05, 0.1) is 12.3 Å². The quantitative estimate of drug-likeness (QED) is 0.327. The normalized spacial score (nSPS) is 12.7. The van der Waals surface area contributed by atoms with Crippen molar-refractivity contribution in [3.63, 3.8) is 0 Å². The molecule has 0 aliphatic carbocycles. The molecular formula is C22H18Br2N2O3. The number of Topliss-reactive ketones (excluding diaryl/α,β-unsaturated/α-hetero) is 1. The van der Waals surface area contributed by atoms with Gasteiger partial charge in [0.25, 0.3) is 0 Å². The summed E-state index contributed by atoms with van der Waals surface area (Å²) in [5, 5.41) is 2.13. The second-order valence-electron chi connectivity index (χ2n) is 6.69. The summed E-state index contributed by atoms with van der Waals surface area (Å²) < 4.78 is 9.05. The van der Waals surface area contributed by atoms with E-state index in [4.69, 9.17) is 4.74 Å². The number of benzene rings is 2. The number of esters is 1. The number of hydrogen-bond donors (Lipinski definition) is 1. The largest absolute Gasteiger partial charge is 0.461 e.